The molecule has 1 aliphatic rings. The zero-order chi connectivity index (χ0) is 19.8. The van der Waals surface area contributed by atoms with Crippen LogP contribution in [0, 0.1) is 0 Å². The van der Waals surface area contributed by atoms with Gasteiger partial charge in [-0.05, 0) is 48.4 Å². The van der Waals surface area contributed by atoms with Gasteiger partial charge in [0.25, 0.3) is 11.8 Å². The highest BCUT2D eigenvalue weighted by molar-refractivity contribution is 7.12. The summed E-state index contributed by atoms with van der Waals surface area (Å²) in [7, 11) is 0. The molecule has 2 aromatic rings. The molecule has 6 nitrogen and oxygen atoms in total. The average molecular weight is 400 g/mol. The molecule has 1 aromatic heterocycles. The van der Waals surface area contributed by atoms with Gasteiger partial charge < -0.3 is 15.5 Å². The first-order valence-electron chi connectivity index (χ1n) is 9.60. The van der Waals surface area contributed by atoms with E-state index in [0.717, 1.165) is 31.5 Å². The van der Waals surface area contributed by atoms with Gasteiger partial charge in [-0.15, -0.1) is 11.3 Å². The Balaban J connectivity index is 1.38. The van der Waals surface area contributed by atoms with Gasteiger partial charge in [-0.2, -0.15) is 0 Å². The Hall–Kier alpha value is -2.67. The lowest BCUT2D eigenvalue weighted by molar-refractivity contribution is -0.121. The molecule has 148 valence electrons. The van der Waals surface area contributed by atoms with E-state index < -0.39 is 0 Å². The Morgan fingerprint density at radius 3 is 2.61 bits per heavy atom. The van der Waals surface area contributed by atoms with Gasteiger partial charge in [-0.3, -0.25) is 14.4 Å². The molecule has 0 radical (unpaired) electrons. The number of carbonyl (C=O) groups excluding carboxylic acids is 3. The first-order valence-corrected chi connectivity index (χ1v) is 10.5. The standard InChI is InChI=1S/C21H25N3O3S/c25-19(9-4-10-22-20(26)18-8-5-13-28-18)23-15-16-6-3-7-17(14-16)21(27)24-11-1-2-12-24/h3,5-8,13-14H,1-2,4,9-12,15H2,(H,22,26)(H,23,25). The van der Waals surface area contributed by atoms with Crippen molar-refractivity contribution in [3.63, 3.8) is 0 Å². The van der Waals surface area contributed by atoms with E-state index in [1.54, 1.807) is 6.07 Å². The largest absolute Gasteiger partial charge is 0.352 e. The van der Waals surface area contributed by atoms with Crippen molar-refractivity contribution in [2.75, 3.05) is 19.6 Å². The predicted octanol–water partition coefficient (Wildman–Crippen LogP) is 2.81. The molecule has 0 aliphatic carbocycles. The highest BCUT2D eigenvalue weighted by atomic mass is 32.1. The Kier molecular flexibility index (Phi) is 7.19. The van der Waals surface area contributed by atoms with Gasteiger partial charge in [0.1, 0.15) is 0 Å². The maximum absolute atomic E-state index is 12.5. The summed E-state index contributed by atoms with van der Waals surface area (Å²) in [4.78, 5) is 38.8. The number of thiophene rings is 1. The van der Waals surface area contributed by atoms with E-state index >= 15 is 0 Å². The van der Waals surface area contributed by atoms with Crippen molar-refractivity contribution >= 4 is 29.1 Å². The van der Waals surface area contributed by atoms with Crippen molar-refractivity contribution in [2.24, 2.45) is 0 Å². The molecule has 0 unspecified atom stereocenters. The van der Waals surface area contributed by atoms with Crippen LogP contribution in [0.2, 0.25) is 0 Å². The normalized spacial score (nSPS) is 13.4. The number of benzene rings is 1. The molecule has 3 amide bonds. The number of nitrogens with zero attached hydrogens (tertiary/aromatic N) is 1. The summed E-state index contributed by atoms with van der Waals surface area (Å²) in [6.45, 7) is 2.50. The number of hydrogen-bond donors (Lipinski definition) is 2. The summed E-state index contributed by atoms with van der Waals surface area (Å²) in [6.07, 6.45) is 3.05. The number of hydrogen-bond acceptors (Lipinski definition) is 4. The summed E-state index contributed by atoms with van der Waals surface area (Å²) in [5, 5.41) is 7.54. The van der Waals surface area contributed by atoms with E-state index in [1.807, 2.05) is 40.6 Å². The Bertz CT molecular complexity index is 814. The maximum atomic E-state index is 12.5. The van der Waals surface area contributed by atoms with Crippen molar-refractivity contribution in [1.29, 1.82) is 0 Å². The van der Waals surface area contributed by atoms with Crippen molar-refractivity contribution in [1.82, 2.24) is 15.5 Å². The Labute approximate surface area is 168 Å². The lowest BCUT2D eigenvalue weighted by Crippen LogP contribution is -2.28. The molecule has 3 rings (SSSR count). The van der Waals surface area contributed by atoms with Gasteiger partial charge in [0, 0.05) is 38.2 Å². The molecule has 1 fully saturated rings. The molecule has 1 aromatic carbocycles. The molecule has 0 bridgehead atoms. The highest BCUT2D eigenvalue weighted by Crippen LogP contribution is 2.14. The number of likely N-dealkylation sites (tertiary alicyclic amines) is 1. The smallest absolute Gasteiger partial charge is 0.261 e. The van der Waals surface area contributed by atoms with E-state index in [0.29, 0.717) is 36.4 Å². The fourth-order valence-corrected chi connectivity index (χ4v) is 3.79. The minimum absolute atomic E-state index is 0.0622. The van der Waals surface area contributed by atoms with Gasteiger partial charge in [0.2, 0.25) is 5.91 Å². The number of amides is 3. The van der Waals surface area contributed by atoms with Crippen LogP contribution in [-0.2, 0) is 11.3 Å². The van der Waals surface area contributed by atoms with Crippen LogP contribution >= 0.6 is 11.3 Å². The number of nitrogens with one attached hydrogen (secondary N) is 2. The minimum Gasteiger partial charge on any atom is -0.352 e. The summed E-state index contributed by atoms with van der Waals surface area (Å²) >= 11 is 1.39. The molecule has 0 spiro atoms. The topological polar surface area (TPSA) is 78.5 Å². The SMILES string of the molecule is O=C(CCCNC(=O)c1cccs1)NCc1cccc(C(=O)N2CCCC2)c1. The summed E-state index contributed by atoms with van der Waals surface area (Å²) < 4.78 is 0. The molecular formula is C21H25N3O3S. The lowest BCUT2D eigenvalue weighted by Gasteiger charge is -2.15. The van der Waals surface area contributed by atoms with Crippen LogP contribution in [0.25, 0.3) is 0 Å². The molecule has 28 heavy (non-hydrogen) atoms. The molecular weight excluding hydrogens is 374 g/mol. The second-order valence-electron chi connectivity index (χ2n) is 6.81. The molecule has 1 aliphatic heterocycles. The van der Waals surface area contributed by atoms with Crippen molar-refractivity contribution < 1.29 is 14.4 Å². The van der Waals surface area contributed by atoms with Crippen LogP contribution in [0.5, 0.6) is 0 Å². The fraction of sp³-hybridized carbons (Fsp3) is 0.381. The van der Waals surface area contributed by atoms with Crippen LogP contribution in [0.1, 0.15) is 51.3 Å². The number of carbonyl (C=O) groups is 3. The third kappa shape index (κ3) is 5.66. The first-order chi connectivity index (χ1) is 13.6. The highest BCUT2D eigenvalue weighted by Gasteiger charge is 2.19. The van der Waals surface area contributed by atoms with Crippen LogP contribution in [-0.4, -0.2) is 42.3 Å². The monoisotopic (exact) mass is 399 g/mol. The van der Waals surface area contributed by atoms with Gasteiger partial charge >= 0.3 is 0 Å². The molecule has 0 saturated carbocycles. The lowest BCUT2D eigenvalue weighted by atomic mass is 10.1. The third-order valence-corrected chi connectivity index (χ3v) is 5.54. The molecule has 2 N–H and O–H groups in total. The van der Waals surface area contributed by atoms with E-state index in [2.05, 4.69) is 10.6 Å². The molecule has 0 atom stereocenters. The fourth-order valence-electron chi connectivity index (χ4n) is 3.15. The van der Waals surface area contributed by atoms with E-state index in [9.17, 15) is 14.4 Å². The van der Waals surface area contributed by atoms with Crippen molar-refractivity contribution in [3.05, 3.63) is 57.8 Å². The number of rotatable bonds is 8. The van der Waals surface area contributed by atoms with E-state index in [4.69, 9.17) is 0 Å². The third-order valence-electron chi connectivity index (χ3n) is 4.67. The molecule has 7 heteroatoms. The van der Waals surface area contributed by atoms with Crippen LogP contribution in [0.3, 0.4) is 0 Å². The van der Waals surface area contributed by atoms with Crippen LogP contribution in [0.15, 0.2) is 41.8 Å². The quantitative estimate of drug-likeness (QED) is 0.670. The summed E-state index contributed by atoms with van der Waals surface area (Å²) in [6, 6.07) is 11.0. The van der Waals surface area contributed by atoms with Gasteiger partial charge in [0.15, 0.2) is 0 Å². The second-order valence-corrected chi connectivity index (χ2v) is 7.76. The Morgan fingerprint density at radius 1 is 1.04 bits per heavy atom. The average Bonchev–Trinajstić information content (AvgIpc) is 3.43. The van der Waals surface area contributed by atoms with Gasteiger partial charge in [-0.25, -0.2) is 0 Å². The Morgan fingerprint density at radius 2 is 1.86 bits per heavy atom. The van der Waals surface area contributed by atoms with Crippen LogP contribution < -0.4 is 10.6 Å². The molecule has 2 heterocycles. The van der Waals surface area contributed by atoms with Crippen molar-refractivity contribution in [3.8, 4) is 0 Å². The zero-order valence-electron chi connectivity index (χ0n) is 15.8. The minimum atomic E-state index is -0.102. The second kappa shape index (κ2) is 10.0. The van der Waals surface area contributed by atoms with Crippen LogP contribution in [0.4, 0.5) is 0 Å². The predicted molar refractivity (Wildman–Crippen MR) is 109 cm³/mol. The molecule has 1 saturated heterocycles. The first kappa shape index (κ1) is 20.1. The summed E-state index contributed by atoms with van der Waals surface area (Å²) in [5.74, 6) is -0.108. The van der Waals surface area contributed by atoms with Crippen molar-refractivity contribution in [2.45, 2.75) is 32.2 Å². The van der Waals surface area contributed by atoms with Gasteiger partial charge in [-0.1, -0.05) is 18.2 Å². The maximum Gasteiger partial charge on any atom is 0.261 e. The summed E-state index contributed by atoms with van der Waals surface area (Å²) in [5.41, 5.74) is 1.58. The van der Waals surface area contributed by atoms with E-state index in [1.165, 1.54) is 11.3 Å². The van der Waals surface area contributed by atoms with Gasteiger partial charge in [0.05, 0.1) is 4.88 Å². The van der Waals surface area contributed by atoms with E-state index in [-0.39, 0.29) is 17.7 Å². The zero-order valence-corrected chi connectivity index (χ0v) is 16.6.